The van der Waals surface area contributed by atoms with Gasteiger partial charge in [-0.3, -0.25) is 5.10 Å². The van der Waals surface area contributed by atoms with Crippen molar-refractivity contribution >= 4 is 0 Å². The molecule has 0 aromatic carbocycles. The first-order chi connectivity index (χ1) is 7.30. The Kier molecular flexibility index (Phi) is 3.02. The molecule has 84 valence electrons. The summed E-state index contributed by atoms with van der Waals surface area (Å²) in [5.74, 6) is 1.80. The van der Waals surface area contributed by atoms with Crippen LogP contribution < -0.4 is 5.73 Å². The van der Waals surface area contributed by atoms with Crippen LogP contribution >= 0.6 is 0 Å². The molecule has 0 amide bonds. The van der Waals surface area contributed by atoms with Gasteiger partial charge in [-0.15, -0.1) is 0 Å². The third kappa shape index (κ3) is 1.89. The molecular formula is C10H18N4O. The summed E-state index contributed by atoms with van der Waals surface area (Å²) in [6, 6.07) is 0. The smallest absolute Gasteiger partial charge is 0.158 e. The Bertz CT molecular complexity index is 317. The van der Waals surface area contributed by atoms with E-state index >= 15 is 0 Å². The van der Waals surface area contributed by atoms with E-state index in [0.717, 1.165) is 44.1 Å². The largest absolute Gasteiger partial charge is 0.381 e. The van der Waals surface area contributed by atoms with Crippen molar-refractivity contribution in [2.75, 3.05) is 19.8 Å². The molecule has 2 heterocycles. The number of aromatic nitrogens is 3. The molecule has 0 unspecified atom stereocenters. The summed E-state index contributed by atoms with van der Waals surface area (Å²) in [6.07, 6.45) is 2.72. The Hall–Kier alpha value is -0.940. The topological polar surface area (TPSA) is 76.8 Å². The van der Waals surface area contributed by atoms with Gasteiger partial charge in [-0.2, -0.15) is 5.10 Å². The molecule has 1 aliphatic rings. The van der Waals surface area contributed by atoms with Gasteiger partial charge >= 0.3 is 0 Å². The number of aromatic amines is 1. The summed E-state index contributed by atoms with van der Waals surface area (Å²) in [7, 11) is 0. The SMILES string of the molecule is CCc1nc(C2(CN)CCOCC2)n[nH]1. The highest BCUT2D eigenvalue weighted by Crippen LogP contribution is 2.31. The van der Waals surface area contributed by atoms with Crippen molar-refractivity contribution in [2.24, 2.45) is 5.73 Å². The minimum absolute atomic E-state index is 0.0673. The fourth-order valence-corrected chi connectivity index (χ4v) is 1.97. The summed E-state index contributed by atoms with van der Waals surface area (Å²) in [4.78, 5) is 4.49. The molecule has 5 heteroatoms. The van der Waals surface area contributed by atoms with Gasteiger partial charge in [0.1, 0.15) is 5.82 Å². The molecule has 0 saturated carbocycles. The maximum Gasteiger partial charge on any atom is 0.158 e. The number of hydrogen-bond acceptors (Lipinski definition) is 4. The number of rotatable bonds is 3. The van der Waals surface area contributed by atoms with Crippen LogP contribution in [-0.4, -0.2) is 34.9 Å². The van der Waals surface area contributed by atoms with Gasteiger partial charge in [0, 0.05) is 31.6 Å². The van der Waals surface area contributed by atoms with Gasteiger partial charge in [0.2, 0.25) is 0 Å². The molecule has 1 aromatic rings. The van der Waals surface area contributed by atoms with Crippen LogP contribution in [0, 0.1) is 0 Å². The molecule has 2 rings (SSSR count). The Labute approximate surface area is 89.4 Å². The van der Waals surface area contributed by atoms with Crippen molar-refractivity contribution in [3.05, 3.63) is 11.6 Å². The predicted octanol–water partition coefficient (Wildman–Crippen LogP) is 0.374. The van der Waals surface area contributed by atoms with E-state index in [-0.39, 0.29) is 5.41 Å². The van der Waals surface area contributed by atoms with E-state index in [1.165, 1.54) is 0 Å². The second-order valence-electron chi connectivity index (χ2n) is 4.06. The minimum atomic E-state index is -0.0673. The van der Waals surface area contributed by atoms with Gasteiger partial charge in [0.05, 0.1) is 0 Å². The van der Waals surface area contributed by atoms with Crippen molar-refractivity contribution in [1.82, 2.24) is 15.2 Å². The minimum Gasteiger partial charge on any atom is -0.381 e. The quantitative estimate of drug-likeness (QED) is 0.756. The number of aryl methyl sites for hydroxylation is 1. The molecular weight excluding hydrogens is 192 g/mol. The summed E-state index contributed by atoms with van der Waals surface area (Å²) < 4.78 is 5.36. The predicted molar refractivity (Wildman–Crippen MR) is 56.5 cm³/mol. The number of hydrogen-bond donors (Lipinski definition) is 2. The number of H-pyrrole nitrogens is 1. The molecule has 0 spiro atoms. The lowest BCUT2D eigenvalue weighted by Gasteiger charge is -2.33. The summed E-state index contributed by atoms with van der Waals surface area (Å²) >= 11 is 0. The Balaban J connectivity index is 2.24. The van der Waals surface area contributed by atoms with Gasteiger partial charge < -0.3 is 10.5 Å². The first-order valence-electron chi connectivity index (χ1n) is 5.50. The van der Waals surface area contributed by atoms with Crippen LogP contribution in [0.25, 0.3) is 0 Å². The van der Waals surface area contributed by atoms with E-state index in [0.29, 0.717) is 6.54 Å². The zero-order valence-electron chi connectivity index (χ0n) is 9.12. The van der Waals surface area contributed by atoms with E-state index in [9.17, 15) is 0 Å². The zero-order chi connectivity index (χ0) is 10.7. The molecule has 1 fully saturated rings. The lowest BCUT2D eigenvalue weighted by Crippen LogP contribution is -2.41. The van der Waals surface area contributed by atoms with Crippen LogP contribution in [0.3, 0.4) is 0 Å². The van der Waals surface area contributed by atoms with Gasteiger partial charge in [0.25, 0.3) is 0 Å². The molecule has 1 aliphatic heterocycles. The lowest BCUT2D eigenvalue weighted by atomic mass is 9.79. The van der Waals surface area contributed by atoms with E-state index in [2.05, 4.69) is 22.1 Å². The highest BCUT2D eigenvalue weighted by Gasteiger charge is 2.36. The van der Waals surface area contributed by atoms with E-state index in [4.69, 9.17) is 10.5 Å². The second-order valence-corrected chi connectivity index (χ2v) is 4.06. The Morgan fingerprint density at radius 2 is 2.20 bits per heavy atom. The molecule has 1 saturated heterocycles. The molecule has 5 nitrogen and oxygen atoms in total. The highest BCUT2D eigenvalue weighted by atomic mass is 16.5. The van der Waals surface area contributed by atoms with Crippen molar-refractivity contribution in [2.45, 2.75) is 31.6 Å². The monoisotopic (exact) mass is 210 g/mol. The lowest BCUT2D eigenvalue weighted by molar-refractivity contribution is 0.0500. The van der Waals surface area contributed by atoms with Crippen LogP contribution in [0.4, 0.5) is 0 Å². The van der Waals surface area contributed by atoms with Crippen LogP contribution in [0.2, 0.25) is 0 Å². The summed E-state index contributed by atoms with van der Waals surface area (Å²) in [5, 5.41) is 7.24. The van der Waals surface area contributed by atoms with Gasteiger partial charge in [-0.25, -0.2) is 4.98 Å². The molecule has 0 atom stereocenters. The maximum atomic E-state index is 5.87. The molecule has 1 aromatic heterocycles. The van der Waals surface area contributed by atoms with Crippen LogP contribution in [0.5, 0.6) is 0 Å². The standard InChI is InChI=1S/C10H18N4O/c1-2-8-12-9(14-13-8)10(7-11)3-5-15-6-4-10/h2-7,11H2,1H3,(H,12,13,14). The fraction of sp³-hybridized carbons (Fsp3) is 0.800. The molecule has 0 aliphatic carbocycles. The highest BCUT2D eigenvalue weighted by molar-refractivity contribution is 5.10. The van der Waals surface area contributed by atoms with Gasteiger partial charge in [0.15, 0.2) is 5.82 Å². The normalized spacial score (nSPS) is 20.4. The van der Waals surface area contributed by atoms with E-state index in [1.54, 1.807) is 0 Å². The average molecular weight is 210 g/mol. The van der Waals surface area contributed by atoms with Crippen molar-refractivity contribution in [3.63, 3.8) is 0 Å². The van der Waals surface area contributed by atoms with Crippen LogP contribution in [0.1, 0.15) is 31.4 Å². The average Bonchev–Trinajstić information content (AvgIpc) is 2.79. The van der Waals surface area contributed by atoms with Crippen LogP contribution in [-0.2, 0) is 16.6 Å². The number of nitrogens with two attached hydrogens (primary N) is 1. The zero-order valence-corrected chi connectivity index (χ0v) is 9.12. The first kappa shape index (κ1) is 10.6. The van der Waals surface area contributed by atoms with Crippen molar-refractivity contribution in [1.29, 1.82) is 0 Å². The number of nitrogens with one attached hydrogen (secondary N) is 1. The summed E-state index contributed by atoms with van der Waals surface area (Å²) in [6.45, 7) is 4.17. The first-order valence-corrected chi connectivity index (χ1v) is 5.50. The van der Waals surface area contributed by atoms with E-state index < -0.39 is 0 Å². The van der Waals surface area contributed by atoms with Crippen molar-refractivity contribution < 1.29 is 4.74 Å². The second kappa shape index (κ2) is 4.28. The molecule has 0 bridgehead atoms. The third-order valence-electron chi connectivity index (χ3n) is 3.18. The maximum absolute atomic E-state index is 5.87. The molecule has 15 heavy (non-hydrogen) atoms. The van der Waals surface area contributed by atoms with E-state index in [1.807, 2.05) is 0 Å². The fourth-order valence-electron chi connectivity index (χ4n) is 1.97. The Morgan fingerprint density at radius 3 is 2.73 bits per heavy atom. The number of nitrogens with zero attached hydrogens (tertiary/aromatic N) is 2. The van der Waals surface area contributed by atoms with Crippen molar-refractivity contribution in [3.8, 4) is 0 Å². The van der Waals surface area contributed by atoms with Gasteiger partial charge in [-0.05, 0) is 12.8 Å². The summed E-state index contributed by atoms with van der Waals surface area (Å²) in [5.41, 5.74) is 5.80. The number of ether oxygens (including phenoxy) is 1. The molecule has 3 N–H and O–H groups in total. The molecule has 0 radical (unpaired) electrons. The van der Waals surface area contributed by atoms with Crippen LogP contribution in [0.15, 0.2) is 0 Å². The van der Waals surface area contributed by atoms with Gasteiger partial charge in [-0.1, -0.05) is 6.92 Å². The third-order valence-corrected chi connectivity index (χ3v) is 3.18. The Morgan fingerprint density at radius 1 is 1.47 bits per heavy atom.